The van der Waals surface area contributed by atoms with Crippen LogP contribution in [-0.2, 0) is 14.8 Å². The van der Waals surface area contributed by atoms with Crippen molar-refractivity contribution in [3.63, 3.8) is 0 Å². The Bertz CT molecular complexity index is 503. The molecule has 2 saturated heterocycles. The summed E-state index contributed by atoms with van der Waals surface area (Å²) in [6.07, 6.45) is 1.71. The maximum absolute atomic E-state index is 13.8. The first-order chi connectivity index (χ1) is 8.84. The zero-order chi connectivity index (χ0) is 13.8. The van der Waals surface area contributed by atoms with Crippen molar-refractivity contribution in [3.8, 4) is 0 Å². The summed E-state index contributed by atoms with van der Waals surface area (Å²) >= 11 is 0. The Kier molecular flexibility index (Phi) is 2.91. The molecule has 0 aromatic carbocycles. The molecule has 5 nitrogen and oxygen atoms in total. The van der Waals surface area contributed by atoms with Gasteiger partial charge < -0.3 is 4.90 Å². The highest BCUT2D eigenvalue weighted by molar-refractivity contribution is 7.90. The van der Waals surface area contributed by atoms with E-state index in [1.807, 2.05) is 0 Å². The van der Waals surface area contributed by atoms with Crippen LogP contribution >= 0.6 is 0 Å². The molecule has 2 atom stereocenters. The minimum absolute atomic E-state index is 0.0718. The van der Waals surface area contributed by atoms with E-state index >= 15 is 0 Å². The van der Waals surface area contributed by atoms with Gasteiger partial charge in [-0.25, -0.2) is 17.1 Å². The minimum Gasteiger partial charge on any atom is -0.340 e. The van der Waals surface area contributed by atoms with Crippen LogP contribution in [0.4, 0.5) is 4.39 Å². The predicted molar refractivity (Wildman–Crippen MR) is 67.7 cm³/mol. The standard InChI is InChI=1S/C12H19FN2O3S/c1-14-8-9-2-6-15(11(16)12(13)4-5-12)7-3-10(9)19(14,17)18/h9-10H,2-8H2,1H3/t9-,10-/m1/s1. The summed E-state index contributed by atoms with van der Waals surface area (Å²) < 4.78 is 39.4. The molecule has 1 amide bonds. The van der Waals surface area contributed by atoms with Crippen molar-refractivity contribution in [1.82, 2.24) is 9.21 Å². The maximum Gasteiger partial charge on any atom is 0.260 e. The lowest BCUT2D eigenvalue weighted by atomic mass is 10.0. The third-order valence-corrected chi connectivity index (χ3v) is 7.05. The van der Waals surface area contributed by atoms with Crippen LogP contribution in [0.3, 0.4) is 0 Å². The van der Waals surface area contributed by atoms with Crippen molar-refractivity contribution < 1.29 is 17.6 Å². The SMILES string of the molecule is CN1C[C@H]2CCN(C(=O)C3(F)CC3)CC[C@H]2S1(=O)=O. The number of hydrogen-bond donors (Lipinski definition) is 0. The van der Waals surface area contributed by atoms with E-state index in [9.17, 15) is 17.6 Å². The minimum atomic E-state index is -3.22. The second kappa shape index (κ2) is 4.15. The fraction of sp³-hybridized carbons (Fsp3) is 0.917. The number of amides is 1. The molecule has 3 fully saturated rings. The number of hydrogen-bond acceptors (Lipinski definition) is 3. The Morgan fingerprint density at radius 3 is 2.53 bits per heavy atom. The summed E-state index contributed by atoms with van der Waals surface area (Å²) in [5, 5.41) is -0.398. The second-order valence-corrected chi connectivity index (χ2v) is 8.22. The van der Waals surface area contributed by atoms with Crippen LogP contribution in [0.25, 0.3) is 0 Å². The molecule has 0 unspecified atom stereocenters. The van der Waals surface area contributed by atoms with Gasteiger partial charge in [-0.15, -0.1) is 0 Å². The molecule has 2 aliphatic heterocycles. The van der Waals surface area contributed by atoms with Gasteiger partial charge in [0.1, 0.15) is 0 Å². The molecule has 108 valence electrons. The summed E-state index contributed by atoms with van der Waals surface area (Å²) in [5.41, 5.74) is -1.64. The van der Waals surface area contributed by atoms with Crippen LogP contribution in [0.2, 0.25) is 0 Å². The molecule has 3 aliphatic rings. The smallest absolute Gasteiger partial charge is 0.260 e. The Morgan fingerprint density at radius 2 is 1.89 bits per heavy atom. The van der Waals surface area contributed by atoms with E-state index in [1.165, 1.54) is 9.21 Å². The third-order valence-electron chi connectivity index (χ3n) is 4.65. The molecule has 1 aliphatic carbocycles. The summed E-state index contributed by atoms with van der Waals surface area (Å²) in [6, 6.07) is 0. The van der Waals surface area contributed by atoms with Crippen molar-refractivity contribution in [2.24, 2.45) is 5.92 Å². The lowest BCUT2D eigenvalue weighted by molar-refractivity contribution is -0.138. The first-order valence-electron chi connectivity index (χ1n) is 6.78. The number of sulfonamides is 1. The number of alkyl halides is 1. The predicted octanol–water partition coefficient (Wildman–Crippen LogP) is 0.371. The van der Waals surface area contributed by atoms with Gasteiger partial charge in [0.05, 0.1) is 5.25 Å². The van der Waals surface area contributed by atoms with Crippen LogP contribution in [0.1, 0.15) is 25.7 Å². The lowest BCUT2D eigenvalue weighted by Crippen LogP contribution is -2.40. The number of nitrogens with zero attached hydrogens (tertiary/aromatic N) is 2. The molecule has 0 bridgehead atoms. The number of carbonyl (C=O) groups excluding carboxylic acids is 1. The van der Waals surface area contributed by atoms with Crippen molar-refractivity contribution >= 4 is 15.9 Å². The monoisotopic (exact) mass is 290 g/mol. The molecule has 0 radical (unpaired) electrons. The van der Waals surface area contributed by atoms with E-state index in [2.05, 4.69) is 0 Å². The molecule has 0 aromatic rings. The molecule has 7 heteroatoms. The average molecular weight is 290 g/mol. The van der Waals surface area contributed by atoms with Crippen molar-refractivity contribution in [2.45, 2.75) is 36.6 Å². The van der Waals surface area contributed by atoms with E-state index in [-0.39, 0.29) is 5.92 Å². The van der Waals surface area contributed by atoms with Crippen molar-refractivity contribution in [1.29, 1.82) is 0 Å². The fourth-order valence-electron chi connectivity index (χ4n) is 3.21. The molecular weight excluding hydrogens is 271 g/mol. The average Bonchev–Trinajstić information content (AvgIpc) is 3.08. The molecule has 0 N–H and O–H groups in total. The number of halogens is 1. The largest absolute Gasteiger partial charge is 0.340 e. The van der Waals surface area contributed by atoms with Crippen LogP contribution in [0, 0.1) is 5.92 Å². The molecule has 3 rings (SSSR count). The summed E-state index contributed by atoms with van der Waals surface area (Å²) in [5.74, 6) is -0.360. The van der Waals surface area contributed by atoms with Gasteiger partial charge in [-0.3, -0.25) is 4.79 Å². The number of rotatable bonds is 1. The normalized spacial score (nSPS) is 36.6. The molecule has 0 aromatic heterocycles. The number of carbonyl (C=O) groups is 1. The van der Waals surface area contributed by atoms with Crippen LogP contribution in [-0.4, -0.2) is 61.1 Å². The highest BCUT2D eigenvalue weighted by Gasteiger charge is 2.54. The highest BCUT2D eigenvalue weighted by atomic mass is 32.2. The summed E-state index contributed by atoms with van der Waals surface area (Å²) in [7, 11) is -1.61. The Labute approximate surface area is 112 Å². The van der Waals surface area contributed by atoms with Crippen LogP contribution < -0.4 is 0 Å². The second-order valence-electron chi connectivity index (χ2n) is 5.96. The van der Waals surface area contributed by atoms with Gasteiger partial charge in [-0.2, -0.15) is 0 Å². The van der Waals surface area contributed by atoms with Gasteiger partial charge in [0, 0.05) is 26.7 Å². The lowest BCUT2D eigenvalue weighted by Gasteiger charge is -2.23. The fourth-order valence-corrected chi connectivity index (χ4v) is 5.19. The Morgan fingerprint density at radius 1 is 1.26 bits per heavy atom. The molecule has 19 heavy (non-hydrogen) atoms. The van der Waals surface area contributed by atoms with Crippen molar-refractivity contribution in [3.05, 3.63) is 0 Å². The van der Waals surface area contributed by atoms with Gasteiger partial charge in [0.2, 0.25) is 10.0 Å². The quantitative estimate of drug-likeness (QED) is 0.701. The summed E-state index contributed by atoms with van der Waals surface area (Å²) in [6.45, 7) is 1.36. The van der Waals surface area contributed by atoms with Gasteiger partial charge in [0.15, 0.2) is 5.67 Å². The number of likely N-dealkylation sites (tertiary alicyclic amines) is 1. The van der Waals surface area contributed by atoms with Crippen molar-refractivity contribution in [2.75, 3.05) is 26.7 Å². The topological polar surface area (TPSA) is 57.7 Å². The highest BCUT2D eigenvalue weighted by Crippen LogP contribution is 2.42. The van der Waals surface area contributed by atoms with E-state index in [0.717, 1.165) is 0 Å². The summed E-state index contributed by atoms with van der Waals surface area (Å²) in [4.78, 5) is 13.5. The molecule has 2 heterocycles. The Balaban J connectivity index is 1.73. The zero-order valence-electron chi connectivity index (χ0n) is 11.0. The Hall–Kier alpha value is -0.690. The third kappa shape index (κ3) is 2.07. The molecule has 1 saturated carbocycles. The van der Waals surface area contributed by atoms with E-state index in [0.29, 0.717) is 45.3 Å². The molecular formula is C12H19FN2O3S. The van der Waals surface area contributed by atoms with E-state index in [1.54, 1.807) is 7.05 Å². The zero-order valence-corrected chi connectivity index (χ0v) is 11.8. The first-order valence-corrected chi connectivity index (χ1v) is 8.28. The first kappa shape index (κ1) is 13.3. The van der Waals surface area contributed by atoms with Gasteiger partial charge in [-0.05, 0) is 31.6 Å². The maximum atomic E-state index is 13.8. The van der Waals surface area contributed by atoms with Gasteiger partial charge in [-0.1, -0.05) is 0 Å². The van der Waals surface area contributed by atoms with Gasteiger partial charge in [0.25, 0.3) is 5.91 Å². The van der Waals surface area contributed by atoms with E-state index in [4.69, 9.17) is 0 Å². The van der Waals surface area contributed by atoms with Crippen LogP contribution in [0.5, 0.6) is 0 Å². The van der Waals surface area contributed by atoms with Gasteiger partial charge >= 0.3 is 0 Å². The van der Waals surface area contributed by atoms with Crippen LogP contribution in [0.15, 0.2) is 0 Å². The number of fused-ring (bicyclic) bond motifs is 1. The molecule has 0 spiro atoms. The van der Waals surface area contributed by atoms with E-state index < -0.39 is 26.8 Å².